The molecule has 1 aromatic rings. The van der Waals surface area contributed by atoms with Gasteiger partial charge in [0, 0.05) is 45.0 Å². The van der Waals surface area contributed by atoms with Gasteiger partial charge in [0.05, 0.1) is 5.41 Å². The van der Waals surface area contributed by atoms with Crippen LogP contribution in [0, 0.1) is 11.3 Å². The third-order valence-corrected chi connectivity index (χ3v) is 7.11. The number of pyridine rings is 1. The second kappa shape index (κ2) is 8.62. The number of aryl methyl sites for hydroxylation is 1. The molecule has 2 aliphatic heterocycles. The summed E-state index contributed by atoms with van der Waals surface area (Å²) >= 11 is 0. The summed E-state index contributed by atoms with van der Waals surface area (Å²) in [6.07, 6.45) is 14.2. The Morgan fingerprint density at radius 1 is 1.07 bits per heavy atom. The number of rotatable bonds is 5. The molecule has 5 nitrogen and oxygen atoms in total. The van der Waals surface area contributed by atoms with E-state index in [1.807, 2.05) is 17.0 Å². The molecule has 28 heavy (non-hydrogen) atoms. The van der Waals surface area contributed by atoms with Gasteiger partial charge in [0.25, 0.3) is 0 Å². The van der Waals surface area contributed by atoms with Gasteiger partial charge in [-0.15, -0.1) is 0 Å². The smallest absolute Gasteiger partial charge is 0.230 e. The molecule has 5 heteroatoms. The highest BCUT2D eigenvalue weighted by Crippen LogP contribution is 2.41. The van der Waals surface area contributed by atoms with Crippen LogP contribution < -0.4 is 0 Å². The van der Waals surface area contributed by atoms with E-state index in [0.717, 1.165) is 50.9 Å². The Morgan fingerprint density at radius 3 is 2.64 bits per heavy atom. The number of likely N-dealkylation sites (tertiary alicyclic amines) is 2. The van der Waals surface area contributed by atoms with Gasteiger partial charge in [-0.3, -0.25) is 14.6 Å². The van der Waals surface area contributed by atoms with Crippen LogP contribution in [-0.2, 0) is 16.0 Å². The summed E-state index contributed by atoms with van der Waals surface area (Å²) in [6.45, 7) is 3.21. The molecule has 3 heterocycles. The maximum absolute atomic E-state index is 13.4. The summed E-state index contributed by atoms with van der Waals surface area (Å²) in [6, 6.07) is 3.93. The van der Waals surface area contributed by atoms with Gasteiger partial charge >= 0.3 is 0 Å². The third-order valence-electron chi connectivity index (χ3n) is 7.11. The van der Waals surface area contributed by atoms with Crippen molar-refractivity contribution in [2.24, 2.45) is 11.3 Å². The van der Waals surface area contributed by atoms with Crippen molar-refractivity contribution in [1.29, 1.82) is 0 Å². The van der Waals surface area contributed by atoms with Crippen molar-refractivity contribution >= 4 is 11.8 Å². The molecule has 0 bridgehead atoms. The van der Waals surface area contributed by atoms with Crippen LogP contribution in [0.2, 0.25) is 0 Å². The molecule has 0 N–H and O–H groups in total. The molecule has 1 atom stereocenters. The van der Waals surface area contributed by atoms with Gasteiger partial charge in [-0.05, 0) is 62.1 Å². The van der Waals surface area contributed by atoms with Crippen LogP contribution in [0.5, 0.6) is 0 Å². The van der Waals surface area contributed by atoms with Gasteiger partial charge in [-0.1, -0.05) is 19.3 Å². The lowest BCUT2D eigenvalue weighted by Crippen LogP contribution is -2.51. The van der Waals surface area contributed by atoms with Crippen molar-refractivity contribution in [3.8, 4) is 0 Å². The fraction of sp³-hybridized carbons (Fsp3) is 0.696. The molecule has 3 fully saturated rings. The Morgan fingerprint density at radius 2 is 1.86 bits per heavy atom. The zero-order valence-corrected chi connectivity index (χ0v) is 16.9. The molecule has 1 aromatic heterocycles. The minimum absolute atomic E-state index is 0.186. The molecular weight excluding hydrogens is 350 g/mol. The highest BCUT2D eigenvalue weighted by Gasteiger charge is 2.49. The zero-order chi connectivity index (χ0) is 19.4. The van der Waals surface area contributed by atoms with Gasteiger partial charge in [0.1, 0.15) is 0 Å². The van der Waals surface area contributed by atoms with E-state index in [1.165, 1.54) is 32.1 Å². The summed E-state index contributed by atoms with van der Waals surface area (Å²) < 4.78 is 0. The van der Waals surface area contributed by atoms with Crippen molar-refractivity contribution in [2.45, 2.75) is 64.2 Å². The van der Waals surface area contributed by atoms with Crippen molar-refractivity contribution in [3.63, 3.8) is 0 Å². The highest BCUT2D eigenvalue weighted by molar-refractivity contribution is 5.86. The fourth-order valence-corrected chi connectivity index (χ4v) is 5.43. The second-order valence-electron chi connectivity index (χ2n) is 9.06. The van der Waals surface area contributed by atoms with E-state index in [1.54, 1.807) is 12.4 Å². The van der Waals surface area contributed by atoms with Crippen LogP contribution in [0.25, 0.3) is 0 Å². The lowest BCUT2D eigenvalue weighted by Gasteiger charge is -2.41. The van der Waals surface area contributed by atoms with Gasteiger partial charge in [-0.2, -0.15) is 0 Å². The normalized spacial score (nSPS) is 26.2. The van der Waals surface area contributed by atoms with E-state index in [9.17, 15) is 9.59 Å². The van der Waals surface area contributed by atoms with Gasteiger partial charge in [0.2, 0.25) is 11.8 Å². The first-order chi connectivity index (χ1) is 13.7. The molecule has 1 unspecified atom stereocenters. The van der Waals surface area contributed by atoms with Crippen molar-refractivity contribution < 1.29 is 9.59 Å². The molecule has 2 saturated heterocycles. The molecule has 0 radical (unpaired) electrons. The first-order valence-electron chi connectivity index (χ1n) is 11.1. The molecule has 0 aromatic carbocycles. The van der Waals surface area contributed by atoms with Crippen LogP contribution in [0.3, 0.4) is 0 Å². The number of carbonyl (C=O) groups is 2. The number of aromatic nitrogens is 1. The van der Waals surface area contributed by atoms with E-state index in [2.05, 4.69) is 9.88 Å². The molecule has 3 aliphatic rings. The van der Waals surface area contributed by atoms with Crippen LogP contribution in [0.15, 0.2) is 24.5 Å². The number of nitrogens with zero attached hydrogens (tertiary/aromatic N) is 3. The third kappa shape index (κ3) is 4.23. The first kappa shape index (κ1) is 19.4. The Labute approximate surface area is 168 Å². The largest absolute Gasteiger partial charge is 0.342 e. The Kier molecular flexibility index (Phi) is 5.98. The van der Waals surface area contributed by atoms with E-state index in [0.29, 0.717) is 24.8 Å². The Hall–Kier alpha value is -1.91. The molecule has 152 valence electrons. The van der Waals surface area contributed by atoms with Crippen LogP contribution in [-0.4, -0.2) is 52.8 Å². The first-order valence-corrected chi connectivity index (χ1v) is 11.1. The number of piperidine rings is 1. The standard InChI is InChI=1S/C23H33N3O2/c27-21(8-7-19-9-13-24-14-10-19)26-16-12-23(18-26)11-4-15-25(22(23)28)17-20-5-2-1-3-6-20/h9-10,13-14,20H,1-8,11-12,15-18H2. The molecule has 2 amide bonds. The summed E-state index contributed by atoms with van der Waals surface area (Å²) in [5.41, 5.74) is 0.837. The van der Waals surface area contributed by atoms with Gasteiger partial charge < -0.3 is 9.80 Å². The van der Waals surface area contributed by atoms with Crippen molar-refractivity contribution in [1.82, 2.24) is 14.8 Å². The summed E-state index contributed by atoms with van der Waals surface area (Å²) in [7, 11) is 0. The molecule has 1 saturated carbocycles. The van der Waals surface area contributed by atoms with Crippen LogP contribution in [0.4, 0.5) is 0 Å². The number of carbonyl (C=O) groups excluding carboxylic acids is 2. The summed E-state index contributed by atoms with van der Waals surface area (Å²) in [4.78, 5) is 34.2. The SMILES string of the molecule is O=C(CCc1ccncc1)N1CCC2(CCCN(CC3CCCCC3)C2=O)C1. The van der Waals surface area contributed by atoms with Crippen molar-refractivity contribution in [3.05, 3.63) is 30.1 Å². The maximum atomic E-state index is 13.4. The highest BCUT2D eigenvalue weighted by atomic mass is 16.2. The van der Waals surface area contributed by atoms with Gasteiger partial charge in [0.15, 0.2) is 0 Å². The zero-order valence-electron chi connectivity index (χ0n) is 16.9. The minimum atomic E-state index is -0.306. The molecular formula is C23H33N3O2. The van der Waals surface area contributed by atoms with E-state index < -0.39 is 0 Å². The topological polar surface area (TPSA) is 53.5 Å². The molecule has 1 aliphatic carbocycles. The summed E-state index contributed by atoms with van der Waals surface area (Å²) in [5.74, 6) is 1.20. The summed E-state index contributed by atoms with van der Waals surface area (Å²) in [5, 5.41) is 0. The lowest BCUT2D eigenvalue weighted by molar-refractivity contribution is -0.147. The van der Waals surface area contributed by atoms with Crippen LogP contribution in [0.1, 0.15) is 63.4 Å². The fourth-order valence-electron chi connectivity index (χ4n) is 5.43. The molecule has 4 rings (SSSR count). The lowest BCUT2D eigenvalue weighted by atomic mass is 9.77. The monoisotopic (exact) mass is 383 g/mol. The Bertz CT molecular complexity index is 686. The predicted molar refractivity (Wildman–Crippen MR) is 109 cm³/mol. The number of hydrogen-bond donors (Lipinski definition) is 0. The van der Waals surface area contributed by atoms with Crippen LogP contribution >= 0.6 is 0 Å². The average molecular weight is 384 g/mol. The predicted octanol–water partition coefficient (Wildman–Crippen LogP) is 3.44. The maximum Gasteiger partial charge on any atom is 0.230 e. The quantitative estimate of drug-likeness (QED) is 0.783. The minimum Gasteiger partial charge on any atom is -0.342 e. The molecule has 1 spiro atoms. The number of amides is 2. The Balaban J connectivity index is 1.33. The average Bonchev–Trinajstić information content (AvgIpc) is 3.16. The van der Waals surface area contributed by atoms with Gasteiger partial charge in [-0.25, -0.2) is 0 Å². The van der Waals surface area contributed by atoms with E-state index in [-0.39, 0.29) is 11.3 Å². The van der Waals surface area contributed by atoms with E-state index >= 15 is 0 Å². The number of hydrogen-bond acceptors (Lipinski definition) is 3. The van der Waals surface area contributed by atoms with E-state index in [4.69, 9.17) is 0 Å². The second-order valence-corrected chi connectivity index (χ2v) is 9.06. The van der Waals surface area contributed by atoms with Crippen molar-refractivity contribution in [2.75, 3.05) is 26.2 Å².